The van der Waals surface area contributed by atoms with E-state index in [2.05, 4.69) is 11.2 Å². The minimum atomic E-state index is 0.844. The topological polar surface area (TPSA) is 12.0 Å². The number of hydrogen-bond acceptors (Lipinski definition) is 1. The molecule has 1 aliphatic rings. The molecule has 1 rings (SSSR count). The van der Waals surface area contributed by atoms with Gasteiger partial charge in [-0.05, 0) is 44.7 Å². The van der Waals surface area contributed by atoms with Crippen molar-refractivity contribution in [3.8, 4) is 5.92 Å². The van der Waals surface area contributed by atoms with E-state index in [0.717, 1.165) is 18.8 Å². The van der Waals surface area contributed by atoms with Gasteiger partial charge >= 0.3 is 0 Å². The first-order valence-corrected chi connectivity index (χ1v) is 4.04. The summed E-state index contributed by atoms with van der Waals surface area (Å²) in [5.41, 5.74) is 0. The molecule has 0 aromatic carbocycles. The van der Waals surface area contributed by atoms with Crippen molar-refractivity contribution in [3.05, 3.63) is 6.42 Å². The maximum Gasteiger partial charge on any atom is 0.00990 e. The van der Waals surface area contributed by atoms with Crippen molar-refractivity contribution in [2.45, 2.75) is 25.7 Å². The summed E-state index contributed by atoms with van der Waals surface area (Å²) in [4.78, 5) is 0. The molecule has 0 aliphatic carbocycles. The zero-order valence-corrected chi connectivity index (χ0v) is 6.32. The standard InChI is InChI=1S/C9H14N/c1-2-3-4-5-9-6-7-10-8-9/h9-10H,3-8H2. The van der Waals surface area contributed by atoms with Crippen LogP contribution >= 0.6 is 0 Å². The summed E-state index contributed by atoms with van der Waals surface area (Å²) in [5, 5.41) is 3.33. The second-order valence-electron chi connectivity index (χ2n) is 2.93. The van der Waals surface area contributed by atoms with Gasteiger partial charge in [0.15, 0.2) is 0 Å². The summed E-state index contributed by atoms with van der Waals surface area (Å²) in [7, 11) is 0. The molecule has 1 unspecified atom stereocenters. The molecule has 0 aromatic heterocycles. The van der Waals surface area contributed by atoms with Gasteiger partial charge in [0.25, 0.3) is 0 Å². The Kier molecular flexibility index (Phi) is 3.32. The van der Waals surface area contributed by atoms with Crippen LogP contribution in [0.25, 0.3) is 0 Å². The van der Waals surface area contributed by atoms with Crippen molar-refractivity contribution < 1.29 is 0 Å². The molecule has 55 valence electrons. The van der Waals surface area contributed by atoms with Gasteiger partial charge in [-0.25, -0.2) is 0 Å². The van der Waals surface area contributed by atoms with Crippen molar-refractivity contribution in [2.75, 3.05) is 13.1 Å². The van der Waals surface area contributed by atoms with Gasteiger partial charge in [0, 0.05) is 6.42 Å². The molecule has 1 radical (unpaired) electrons. The van der Waals surface area contributed by atoms with Gasteiger partial charge in [-0.15, -0.1) is 0 Å². The third-order valence-corrected chi connectivity index (χ3v) is 2.08. The maximum absolute atomic E-state index is 6.71. The lowest BCUT2D eigenvalue weighted by Crippen LogP contribution is -2.08. The van der Waals surface area contributed by atoms with Gasteiger partial charge in [0.05, 0.1) is 0 Å². The normalized spacial score (nSPS) is 24.5. The van der Waals surface area contributed by atoms with E-state index in [4.69, 9.17) is 6.42 Å². The van der Waals surface area contributed by atoms with Crippen LogP contribution in [0, 0.1) is 18.3 Å². The van der Waals surface area contributed by atoms with E-state index in [1.54, 1.807) is 0 Å². The lowest BCUT2D eigenvalue weighted by Gasteiger charge is -2.04. The Hall–Kier alpha value is -0.480. The highest BCUT2D eigenvalue weighted by molar-refractivity contribution is 4.77. The summed E-state index contributed by atoms with van der Waals surface area (Å²) < 4.78 is 0. The van der Waals surface area contributed by atoms with Gasteiger partial charge in [0.2, 0.25) is 0 Å². The quantitative estimate of drug-likeness (QED) is 0.456. The van der Waals surface area contributed by atoms with Crippen LogP contribution in [0.1, 0.15) is 25.7 Å². The Morgan fingerprint density at radius 2 is 2.50 bits per heavy atom. The average molecular weight is 136 g/mol. The molecular weight excluding hydrogens is 122 g/mol. The van der Waals surface area contributed by atoms with E-state index >= 15 is 0 Å². The van der Waals surface area contributed by atoms with Gasteiger partial charge in [-0.1, -0.05) is 5.92 Å². The highest BCUT2D eigenvalue weighted by atomic mass is 14.9. The number of hydrogen-bond donors (Lipinski definition) is 1. The summed E-state index contributed by atoms with van der Waals surface area (Å²) in [6, 6.07) is 0. The molecule has 1 atom stereocenters. The second kappa shape index (κ2) is 4.35. The monoisotopic (exact) mass is 136 g/mol. The Balaban J connectivity index is 1.97. The number of nitrogens with one attached hydrogen (secondary N) is 1. The highest BCUT2D eigenvalue weighted by Crippen LogP contribution is 2.14. The molecule has 10 heavy (non-hydrogen) atoms. The fourth-order valence-electron chi connectivity index (χ4n) is 1.44. The molecule has 1 aliphatic heterocycles. The molecule has 1 fully saturated rings. The maximum atomic E-state index is 6.71. The van der Waals surface area contributed by atoms with E-state index in [1.807, 2.05) is 0 Å². The fourth-order valence-corrected chi connectivity index (χ4v) is 1.44. The number of unbranched alkanes of at least 4 members (excludes halogenated alkanes) is 1. The van der Waals surface area contributed by atoms with E-state index in [-0.39, 0.29) is 0 Å². The first-order chi connectivity index (χ1) is 4.93. The Morgan fingerprint density at radius 3 is 3.10 bits per heavy atom. The van der Waals surface area contributed by atoms with Crippen molar-refractivity contribution in [1.82, 2.24) is 5.32 Å². The predicted molar refractivity (Wildman–Crippen MR) is 42.0 cm³/mol. The molecule has 0 aromatic rings. The zero-order valence-electron chi connectivity index (χ0n) is 6.32. The van der Waals surface area contributed by atoms with Gasteiger partial charge < -0.3 is 5.32 Å². The van der Waals surface area contributed by atoms with Gasteiger partial charge in [0.1, 0.15) is 0 Å². The zero-order chi connectivity index (χ0) is 7.23. The Morgan fingerprint density at radius 1 is 1.60 bits per heavy atom. The Labute approximate surface area is 63.2 Å². The van der Waals surface area contributed by atoms with E-state index < -0.39 is 0 Å². The molecule has 0 spiro atoms. The van der Waals surface area contributed by atoms with Crippen LogP contribution in [-0.2, 0) is 0 Å². The van der Waals surface area contributed by atoms with Crippen LogP contribution in [0.5, 0.6) is 0 Å². The minimum absolute atomic E-state index is 0.844. The molecule has 1 nitrogen and oxygen atoms in total. The van der Waals surface area contributed by atoms with E-state index in [0.29, 0.717) is 0 Å². The molecule has 1 heteroatoms. The van der Waals surface area contributed by atoms with Crippen LogP contribution in [0.2, 0.25) is 0 Å². The largest absolute Gasteiger partial charge is 0.316 e. The van der Waals surface area contributed by atoms with Gasteiger partial charge in [-0.2, -0.15) is 0 Å². The summed E-state index contributed by atoms with van der Waals surface area (Å²) >= 11 is 0. The summed E-state index contributed by atoms with van der Waals surface area (Å²) in [5.74, 6) is 3.30. The predicted octanol–water partition coefficient (Wildman–Crippen LogP) is 1.36. The summed E-state index contributed by atoms with van der Waals surface area (Å²) in [6.07, 6.45) is 11.3. The fraction of sp³-hybridized carbons (Fsp3) is 0.778. The third-order valence-electron chi connectivity index (χ3n) is 2.08. The third kappa shape index (κ3) is 2.41. The van der Waals surface area contributed by atoms with Crippen molar-refractivity contribution in [3.63, 3.8) is 0 Å². The lowest BCUT2D eigenvalue weighted by atomic mass is 10.0. The van der Waals surface area contributed by atoms with Crippen molar-refractivity contribution in [1.29, 1.82) is 0 Å². The Bertz CT molecular complexity index is 117. The molecule has 1 saturated heterocycles. The van der Waals surface area contributed by atoms with Crippen LogP contribution < -0.4 is 5.32 Å². The molecule has 1 N–H and O–H groups in total. The van der Waals surface area contributed by atoms with Crippen LogP contribution in [0.4, 0.5) is 0 Å². The molecule has 0 amide bonds. The van der Waals surface area contributed by atoms with Crippen LogP contribution in [0.15, 0.2) is 0 Å². The smallest absolute Gasteiger partial charge is 0.00990 e. The van der Waals surface area contributed by atoms with Crippen molar-refractivity contribution in [2.24, 2.45) is 5.92 Å². The van der Waals surface area contributed by atoms with Crippen LogP contribution in [0.3, 0.4) is 0 Å². The minimum Gasteiger partial charge on any atom is -0.316 e. The summed E-state index contributed by atoms with van der Waals surface area (Å²) in [6.45, 7) is 2.39. The highest BCUT2D eigenvalue weighted by Gasteiger charge is 2.12. The van der Waals surface area contributed by atoms with E-state index in [9.17, 15) is 0 Å². The first-order valence-electron chi connectivity index (χ1n) is 4.04. The van der Waals surface area contributed by atoms with Gasteiger partial charge in [-0.3, -0.25) is 0 Å². The molecular formula is C9H14N. The second-order valence-corrected chi connectivity index (χ2v) is 2.93. The van der Waals surface area contributed by atoms with Crippen LogP contribution in [-0.4, -0.2) is 13.1 Å². The number of rotatable bonds is 3. The average Bonchev–Trinajstić information content (AvgIpc) is 2.41. The first kappa shape index (κ1) is 7.63. The molecule has 1 heterocycles. The lowest BCUT2D eigenvalue weighted by molar-refractivity contribution is 0.515. The molecule has 0 bridgehead atoms. The van der Waals surface area contributed by atoms with Crippen molar-refractivity contribution >= 4 is 0 Å². The van der Waals surface area contributed by atoms with E-state index in [1.165, 1.54) is 25.9 Å². The SMILES string of the molecule is [C]#CCCCC1CCNC1. The molecule has 0 saturated carbocycles.